The number of rotatable bonds is 7. The first-order chi connectivity index (χ1) is 14.4. The second-order valence-corrected chi connectivity index (χ2v) is 8.53. The number of carbonyl (C=O) groups excluding carboxylic acids is 1. The Morgan fingerprint density at radius 1 is 1.37 bits per heavy atom. The highest BCUT2D eigenvalue weighted by Crippen LogP contribution is 2.22. The molecule has 0 aliphatic heterocycles. The van der Waals surface area contributed by atoms with Crippen molar-refractivity contribution in [1.29, 1.82) is 0 Å². The topological polar surface area (TPSA) is 101 Å². The van der Waals surface area contributed by atoms with Crippen molar-refractivity contribution in [3.63, 3.8) is 0 Å². The van der Waals surface area contributed by atoms with Crippen molar-refractivity contribution in [3.8, 4) is 10.7 Å². The van der Waals surface area contributed by atoms with Gasteiger partial charge < -0.3 is 15.0 Å². The summed E-state index contributed by atoms with van der Waals surface area (Å²) in [6, 6.07) is 7.94. The predicted octanol–water partition coefficient (Wildman–Crippen LogP) is 2.81. The van der Waals surface area contributed by atoms with E-state index in [9.17, 15) is 9.90 Å². The zero-order valence-corrected chi connectivity index (χ0v) is 18.3. The molecule has 1 amide bonds. The second-order valence-electron chi connectivity index (χ2n) is 7.20. The van der Waals surface area contributed by atoms with Gasteiger partial charge in [-0.05, 0) is 60.8 Å². The van der Waals surface area contributed by atoms with Crippen LogP contribution in [0, 0.1) is 18.6 Å². The molecule has 30 heavy (non-hydrogen) atoms. The van der Waals surface area contributed by atoms with E-state index in [1.54, 1.807) is 10.9 Å². The molecule has 0 fully saturated rings. The molecular weight excluding hydrogens is 420 g/mol. The molecule has 1 atom stereocenters. The molecule has 0 radical (unpaired) electrons. The summed E-state index contributed by atoms with van der Waals surface area (Å²) < 4.78 is 3.93. The number of aliphatic hydroxyl groups is 1. The number of carbonyl (C=O) groups is 1. The Balaban J connectivity index is 1.38. The lowest BCUT2D eigenvalue weighted by atomic mass is 10.1. The van der Waals surface area contributed by atoms with E-state index in [2.05, 4.69) is 26.6 Å². The molecule has 0 saturated carbocycles. The van der Waals surface area contributed by atoms with Crippen molar-refractivity contribution >= 4 is 40.5 Å². The maximum Gasteiger partial charge on any atom is 0.240 e. The summed E-state index contributed by atoms with van der Waals surface area (Å²) in [5, 5.41) is 22.1. The van der Waals surface area contributed by atoms with Crippen LogP contribution in [0.25, 0.3) is 21.7 Å². The van der Waals surface area contributed by atoms with Crippen molar-refractivity contribution < 1.29 is 9.90 Å². The van der Waals surface area contributed by atoms with Gasteiger partial charge >= 0.3 is 0 Å². The number of aryl methyl sites for hydroxylation is 2. The number of aromatic nitrogens is 5. The molecule has 4 aromatic rings. The van der Waals surface area contributed by atoms with Gasteiger partial charge in [0.15, 0.2) is 10.6 Å². The van der Waals surface area contributed by atoms with Crippen LogP contribution in [0.1, 0.15) is 11.1 Å². The van der Waals surface area contributed by atoms with Crippen LogP contribution in [0.15, 0.2) is 36.0 Å². The number of imidazole rings is 1. The van der Waals surface area contributed by atoms with Crippen LogP contribution in [0.4, 0.5) is 0 Å². The summed E-state index contributed by atoms with van der Waals surface area (Å²) >= 11 is 6.78. The summed E-state index contributed by atoms with van der Waals surface area (Å²) in [6.07, 6.45) is 0.967. The second kappa shape index (κ2) is 8.50. The number of amides is 1. The Labute approximate surface area is 182 Å². The van der Waals surface area contributed by atoms with Gasteiger partial charge in [0.25, 0.3) is 0 Å². The van der Waals surface area contributed by atoms with Crippen molar-refractivity contribution in [3.05, 3.63) is 51.9 Å². The SMILES string of the molecule is Cc1cc2ncn(C[C@@H](O)CNC(=O)Cn3c(-c4cccs4)n[nH]c3=S)c2cc1C. The number of nitrogens with one attached hydrogen (secondary N) is 2. The van der Waals surface area contributed by atoms with E-state index in [0.29, 0.717) is 17.1 Å². The van der Waals surface area contributed by atoms with Crippen LogP contribution in [0.3, 0.4) is 0 Å². The number of aliphatic hydroxyl groups excluding tert-OH is 1. The average Bonchev–Trinajstić information content (AvgIpc) is 3.44. The largest absolute Gasteiger partial charge is 0.389 e. The molecular formula is C20H22N6O2S2. The first-order valence-electron chi connectivity index (χ1n) is 9.48. The zero-order valence-electron chi connectivity index (χ0n) is 16.6. The van der Waals surface area contributed by atoms with E-state index in [1.807, 2.05) is 42.0 Å². The molecule has 0 aliphatic carbocycles. The molecule has 3 heterocycles. The van der Waals surface area contributed by atoms with E-state index >= 15 is 0 Å². The van der Waals surface area contributed by atoms with Crippen LogP contribution < -0.4 is 5.32 Å². The van der Waals surface area contributed by atoms with E-state index in [4.69, 9.17) is 12.2 Å². The number of hydrogen-bond acceptors (Lipinski definition) is 6. The van der Waals surface area contributed by atoms with E-state index in [-0.39, 0.29) is 19.0 Å². The molecule has 0 bridgehead atoms. The average molecular weight is 443 g/mol. The lowest BCUT2D eigenvalue weighted by Crippen LogP contribution is -2.36. The third kappa shape index (κ3) is 4.20. The summed E-state index contributed by atoms with van der Waals surface area (Å²) in [7, 11) is 0. The molecule has 1 aromatic carbocycles. The van der Waals surface area contributed by atoms with Crippen LogP contribution >= 0.6 is 23.6 Å². The maximum absolute atomic E-state index is 12.4. The van der Waals surface area contributed by atoms with Crippen molar-refractivity contribution in [2.75, 3.05) is 6.54 Å². The van der Waals surface area contributed by atoms with Crippen LogP contribution in [0.2, 0.25) is 0 Å². The number of benzene rings is 1. The van der Waals surface area contributed by atoms with Crippen molar-refractivity contribution in [1.82, 2.24) is 29.6 Å². The Bertz CT molecular complexity index is 1240. The standard InChI is InChI=1S/C20H22N6O2S2/c1-12-6-15-16(7-13(12)2)25(11-22-15)9-14(27)8-21-18(28)10-26-19(23-24-20(26)29)17-4-3-5-30-17/h3-7,11,14,27H,8-10H2,1-2H3,(H,21,28)(H,24,29)/t14-/m0/s1. The maximum atomic E-state index is 12.4. The summed E-state index contributed by atoms with van der Waals surface area (Å²) in [6.45, 7) is 4.60. The molecule has 8 nitrogen and oxygen atoms in total. The third-order valence-corrected chi connectivity index (χ3v) is 6.16. The van der Waals surface area contributed by atoms with Gasteiger partial charge in [0.2, 0.25) is 5.91 Å². The minimum atomic E-state index is -0.748. The van der Waals surface area contributed by atoms with Gasteiger partial charge in [0.1, 0.15) is 6.54 Å². The van der Waals surface area contributed by atoms with Crippen molar-refractivity contribution in [2.24, 2.45) is 0 Å². The van der Waals surface area contributed by atoms with Gasteiger partial charge in [-0.1, -0.05) is 6.07 Å². The summed E-state index contributed by atoms with van der Waals surface area (Å²) in [5.41, 5.74) is 4.21. The minimum Gasteiger partial charge on any atom is -0.389 e. The van der Waals surface area contributed by atoms with E-state index in [0.717, 1.165) is 15.9 Å². The lowest BCUT2D eigenvalue weighted by Gasteiger charge is -2.14. The van der Waals surface area contributed by atoms with Gasteiger partial charge in [0, 0.05) is 6.54 Å². The molecule has 0 unspecified atom stereocenters. The van der Waals surface area contributed by atoms with Gasteiger partial charge in [-0.2, -0.15) is 5.10 Å². The Morgan fingerprint density at radius 3 is 2.93 bits per heavy atom. The zero-order chi connectivity index (χ0) is 21.3. The number of H-pyrrole nitrogens is 1. The van der Waals surface area contributed by atoms with E-state index < -0.39 is 6.10 Å². The fourth-order valence-electron chi connectivity index (χ4n) is 3.24. The van der Waals surface area contributed by atoms with Gasteiger partial charge in [0.05, 0.1) is 34.9 Å². The highest BCUT2D eigenvalue weighted by molar-refractivity contribution is 7.71. The quantitative estimate of drug-likeness (QED) is 0.382. The molecule has 0 spiro atoms. The molecule has 156 valence electrons. The Kier molecular flexibility index (Phi) is 5.80. The van der Waals surface area contributed by atoms with Crippen LogP contribution in [-0.4, -0.2) is 48.0 Å². The van der Waals surface area contributed by atoms with Crippen LogP contribution in [0.5, 0.6) is 0 Å². The van der Waals surface area contributed by atoms with Gasteiger partial charge in [-0.15, -0.1) is 11.3 Å². The Morgan fingerprint density at radius 2 is 2.17 bits per heavy atom. The fraction of sp³-hybridized carbons (Fsp3) is 0.300. The number of aromatic amines is 1. The summed E-state index contributed by atoms with van der Waals surface area (Å²) in [4.78, 5) is 17.8. The summed E-state index contributed by atoms with van der Waals surface area (Å²) in [5.74, 6) is 0.382. The fourth-order valence-corrected chi connectivity index (χ4v) is 4.16. The third-order valence-electron chi connectivity index (χ3n) is 4.98. The first-order valence-corrected chi connectivity index (χ1v) is 10.8. The first kappa shape index (κ1) is 20.5. The minimum absolute atomic E-state index is 0.0295. The normalized spacial score (nSPS) is 12.4. The highest BCUT2D eigenvalue weighted by atomic mass is 32.1. The van der Waals surface area contributed by atoms with Gasteiger partial charge in [-0.25, -0.2) is 4.98 Å². The number of thiophene rings is 1. The molecule has 3 N–H and O–H groups in total. The molecule has 0 aliphatic rings. The monoisotopic (exact) mass is 442 g/mol. The van der Waals surface area contributed by atoms with Crippen LogP contribution in [-0.2, 0) is 17.9 Å². The van der Waals surface area contributed by atoms with Gasteiger partial charge in [-0.3, -0.25) is 14.5 Å². The number of fused-ring (bicyclic) bond motifs is 1. The molecule has 3 aromatic heterocycles. The number of hydrogen-bond donors (Lipinski definition) is 3. The smallest absolute Gasteiger partial charge is 0.240 e. The lowest BCUT2D eigenvalue weighted by molar-refractivity contribution is -0.122. The molecule has 0 saturated heterocycles. The van der Waals surface area contributed by atoms with Crippen molar-refractivity contribution in [2.45, 2.75) is 33.0 Å². The van der Waals surface area contributed by atoms with E-state index in [1.165, 1.54) is 22.5 Å². The Hall–Kier alpha value is -2.82. The highest BCUT2D eigenvalue weighted by Gasteiger charge is 2.15. The number of nitrogens with zero attached hydrogens (tertiary/aromatic N) is 4. The predicted molar refractivity (Wildman–Crippen MR) is 119 cm³/mol. The molecule has 10 heteroatoms. The molecule has 4 rings (SSSR count).